The van der Waals surface area contributed by atoms with Crippen molar-refractivity contribution in [2.24, 2.45) is 5.10 Å². The van der Waals surface area contributed by atoms with E-state index in [0.29, 0.717) is 0 Å². The largest absolute Gasteiger partial charge is 0.376 e. The van der Waals surface area contributed by atoms with Crippen molar-refractivity contribution in [3.05, 3.63) is 80.5 Å². The SMILES string of the molecule is Cc1cc(/C=N\NC(=O)CNc2ccc(Br)cc2)c(C)n1-c1ccc(Br)cc1. The lowest BCUT2D eigenvalue weighted by atomic mass is 10.2. The zero-order valence-electron chi connectivity index (χ0n) is 15.5. The van der Waals surface area contributed by atoms with E-state index >= 15 is 0 Å². The van der Waals surface area contributed by atoms with E-state index in [0.717, 1.165) is 37.3 Å². The Hall–Kier alpha value is -2.38. The third-order valence-corrected chi connectivity index (χ3v) is 5.30. The Balaban J connectivity index is 1.61. The Kier molecular flexibility index (Phi) is 6.70. The Bertz CT molecular complexity index is 992. The molecule has 0 aliphatic heterocycles. The van der Waals surface area contributed by atoms with Gasteiger partial charge in [-0.15, -0.1) is 0 Å². The van der Waals surface area contributed by atoms with Crippen LogP contribution in [-0.4, -0.2) is 23.2 Å². The molecule has 0 spiro atoms. The van der Waals surface area contributed by atoms with Gasteiger partial charge in [0, 0.05) is 37.3 Å². The summed E-state index contributed by atoms with van der Waals surface area (Å²) in [6.45, 7) is 4.23. The molecule has 0 bridgehead atoms. The van der Waals surface area contributed by atoms with Crippen LogP contribution in [0.15, 0.2) is 68.6 Å². The summed E-state index contributed by atoms with van der Waals surface area (Å²) >= 11 is 6.84. The first-order valence-corrected chi connectivity index (χ1v) is 10.3. The molecule has 3 rings (SSSR count). The first-order chi connectivity index (χ1) is 13.4. The number of halogens is 2. The number of hydrazone groups is 1. The Morgan fingerprint density at radius 1 is 1.04 bits per heavy atom. The van der Waals surface area contributed by atoms with Crippen molar-refractivity contribution in [1.29, 1.82) is 0 Å². The fraction of sp³-hybridized carbons (Fsp3) is 0.143. The smallest absolute Gasteiger partial charge is 0.259 e. The van der Waals surface area contributed by atoms with Gasteiger partial charge in [-0.2, -0.15) is 5.10 Å². The Morgan fingerprint density at radius 3 is 2.29 bits per heavy atom. The summed E-state index contributed by atoms with van der Waals surface area (Å²) in [4.78, 5) is 12.0. The van der Waals surface area contributed by atoms with Crippen LogP contribution >= 0.6 is 31.9 Å². The maximum Gasteiger partial charge on any atom is 0.259 e. The quantitative estimate of drug-likeness (QED) is 0.359. The van der Waals surface area contributed by atoms with Gasteiger partial charge in [0.05, 0.1) is 12.8 Å². The molecule has 0 saturated heterocycles. The lowest BCUT2D eigenvalue weighted by Crippen LogP contribution is -2.25. The first-order valence-electron chi connectivity index (χ1n) is 8.70. The van der Waals surface area contributed by atoms with Crippen LogP contribution in [0.2, 0.25) is 0 Å². The predicted octanol–water partition coefficient (Wildman–Crippen LogP) is 5.18. The van der Waals surface area contributed by atoms with Gasteiger partial charge in [0.25, 0.3) is 5.91 Å². The molecule has 2 N–H and O–H groups in total. The average Bonchev–Trinajstić information content (AvgIpc) is 2.96. The van der Waals surface area contributed by atoms with Gasteiger partial charge in [0.2, 0.25) is 0 Å². The predicted molar refractivity (Wildman–Crippen MR) is 121 cm³/mol. The zero-order valence-corrected chi connectivity index (χ0v) is 18.7. The molecule has 5 nitrogen and oxygen atoms in total. The topological polar surface area (TPSA) is 58.4 Å². The minimum absolute atomic E-state index is 0.150. The van der Waals surface area contributed by atoms with Crippen molar-refractivity contribution in [1.82, 2.24) is 9.99 Å². The van der Waals surface area contributed by atoms with Crippen molar-refractivity contribution >= 4 is 49.7 Å². The highest BCUT2D eigenvalue weighted by Gasteiger charge is 2.09. The van der Waals surface area contributed by atoms with Gasteiger partial charge in [-0.25, -0.2) is 5.43 Å². The number of hydrogen-bond acceptors (Lipinski definition) is 3. The maximum atomic E-state index is 12.0. The number of anilines is 1. The van der Waals surface area contributed by atoms with Crippen molar-refractivity contribution in [3.63, 3.8) is 0 Å². The highest BCUT2D eigenvalue weighted by molar-refractivity contribution is 9.10. The fourth-order valence-corrected chi connectivity index (χ4v) is 3.40. The number of amides is 1. The molecule has 1 aromatic heterocycles. The third kappa shape index (κ3) is 5.11. The minimum Gasteiger partial charge on any atom is -0.376 e. The lowest BCUT2D eigenvalue weighted by molar-refractivity contribution is -0.119. The van der Waals surface area contributed by atoms with Crippen LogP contribution in [-0.2, 0) is 4.79 Å². The summed E-state index contributed by atoms with van der Waals surface area (Å²) in [6, 6.07) is 17.8. The standard InChI is InChI=1S/C21H20Br2N4O/c1-14-11-16(15(2)27(14)20-9-5-18(23)6-10-20)12-25-26-21(28)13-24-19-7-3-17(22)4-8-19/h3-12,24H,13H2,1-2H3,(H,26,28)/b25-12-. The molecule has 0 saturated carbocycles. The normalized spacial score (nSPS) is 11.0. The second-order valence-corrected chi connectivity index (χ2v) is 8.12. The maximum absolute atomic E-state index is 12.0. The zero-order chi connectivity index (χ0) is 20.1. The van der Waals surface area contributed by atoms with E-state index in [1.165, 1.54) is 0 Å². The van der Waals surface area contributed by atoms with E-state index in [-0.39, 0.29) is 12.5 Å². The van der Waals surface area contributed by atoms with E-state index < -0.39 is 0 Å². The molecule has 144 valence electrons. The summed E-state index contributed by atoms with van der Waals surface area (Å²) in [7, 11) is 0. The minimum atomic E-state index is -0.208. The summed E-state index contributed by atoms with van der Waals surface area (Å²) < 4.78 is 4.19. The number of hydrogen-bond donors (Lipinski definition) is 2. The average molecular weight is 504 g/mol. The van der Waals surface area contributed by atoms with Crippen LogP contribution in [0.25, 0.3) is 5.69 Å². The van der Waals surface area contributed by atoms with Gasteiger partial charge in [0.1, 0.15) is 0 Å². The van der Waals surface area contributed by atoms with E-state index in [4.69, 9.17) is 0 Å². The van der Waals surface area contributed by atoms with Gasteiger partial charge in [-0.1, -0.05) is 31.9 Å². The van der Waals surface area contributed by atoms with Gasteiger partial charge >= 0.3 is 0 Å². The Morgan fingerprint density at radius 2 is 1.64 bits per heavy atom. The number of aromatic nitrogens is 1. The van der Waals surface area contributed by atoms with Crippen LogP contribution in [0.1, 0.15) is 17.0 Å². The lowest BCUT2D eigenvalue weighted by Gasteiger charge is -2.09. The number of benzene rings is 2. The van der Waals surface area contributed by atoms with Crippen LogP contribution in [0.3, 0.4) is 0 Å². The number of aryl methyl sites for hydroxylation is 1. The number of nitrogens with one attached hydrogen (secondary N) is 2. The summed E-state index contributed by atoms with van der Waals surface area (Å²) in [5, 5.41) is 7.15. The molecule has 0 unspecified atom stereocenters. The van der Waals surface area contributed by atoms with E-state index in [1.807, 2.05) is 56.3 Å². The molecule has 0 radical (unpaired) electrons. The van der Waals surface area contributed by atoms with Gasteiger partial charge in [0.15, 0.2) is 0 Å². The molecule has 7 heteroatoms. The molecular weight excluding hydrogens is 484 g/mol. The molecule has 1 heterocycles. The highest BCUT2D eigenvalue weighted by atomic mass is 79.9. The van der Waals surface area contributed by atoms with E-state index in [2.05, 4.69) is 64.4 Å². The van der Waals surface area contributed by atoms with E-state index in [1.54, 1.807) is 6.21 Å². The second kappa shape index (κ2) is 9.21. The van der Waals surface area contributed by atoms with Crippen molar-refractivity contribution in [3.8, 4) is 5.69 Å². The molecule has 1 amide bonds. The molecule has 0 aliphatic rings. The van der Waals surface area contributed by atoms with Crippen molar-refractivity contribution < 1.29 is 4.79 Å². The number of rotatable bonds is 6. The summed E-state index contributed by atoms with van der Waals surface area (Å²) in [6.07, 6.45) is 1.68. The second-order valence-electron chi connectivity index (χ2n) is 6.29. The van der Waals surface area contributed by atoms with Crippen molar-refractivity contribution in [2.45, 2.75) is 13.8 Å². The highest BCUT2D eigenvalue weighted by Crippen LogP contribution is 2.21. The third-order valence-electron chi connectivity index (χ3n) is 4.25. The van der Waals surface area contributed by atoms with Crippen LogP contribution < -0.4 is 10.7 Å². The van der Waals surface area contributed by atoms with Crippen molar-refractivity contribution in [2.75, 3.05) is 11.9 Å². The summed E-state index contributed by atoms with van der Waals surface area (Å²) in [5.41, 5.74) is 7.64. The number of nitrogens with zero attached hydrogens (tertiary/aromatic N) is 2. The molecule has 0 aliphatic carbocycles. The number of carbonyl (C=O) groups excluding carboxylic acids is 1. The fourth-order valence-electron chi connectivity index (χ4n) is 2.87. The van der Waals surface area contributed by atoms with Crippen LogP contribution in [0.4, 0.5) is 5.69 Å². The van der Waals surface area contributed by atoms with Crippen LogP contribution in [0, 0.1) is 13.8 Å². The first kappa shape index (κ1) is 20.4. The van der Waals surface area contributed by atoms with E-state index in [9.17, 15) is 4.79 Å². The van der Waals surface area contributed by atoms with Gasteiger partial charge in [-0.05, 0) is 68.4 Å². The molecule has 0 fully saturated rings. The molecule has 3 aromatic rings. The molecule has 0 atom stereocenters. The molecular formula is C21H20Br2N4O. The molecule has 2 aromatic carbocycles. The van der Waals surface area contributed by atoms with Gasteiger partial charge in [-0.3, -0.25) is 4.79 Å². The molecule has 28 heavy (non-hydrogen) atoms. The number of carbonyl (C=O) groups is 1. The summed E-state index contributed by atoms with van der Waals surface area (Å²) in [5.74, 6) is -0.208. The Labute approximate surface area is 181 Å². The van der Waals surface area contributed by atoms with Gasteiger partial charge < -0.3 is 9.88 Å². The van der Waals surface area contributed by atoms with Crippen LogP contribution in [0.5, 0.6) is 0 Å². The monoisotopic (exact) mass is 502 g/mol.